The zero-order valence-electron chi connectivity index (χ0n) is 6.78. The maximum absolute atomic E-state index is 11.1. The molecule has 1 aromatic rings. The number of hydrazine groups is 1. The fourth-order valence-corrected chi connectivity index (χ4v) is 0.826. The lowest BCUT2D eigenvalue weighted by Gasteiger charge is -2.04. The Morgan fingerprint density at radius 3 is 2.46 bits per heavy atom. The molecule has 5 heteroatoms. The van der Waals surface area contributed by atoms with E-state index < -0.39 is 5.91 Å². The van der Waals surface area contributed by atoms with Crippen molar-refractivity contribution in [1.29, 1.82) is 0 Å². The minimum atomic E-state index is -0.413. The average Bonchev–Trinajstić information content (AvgIpc) is 2.18. The molecule has 0 unspecified atom stereocenters. The van der Waals surface area contributed by atoms with Gasteiger partial charge in [-0.05, 0) is 12.1 Å². The number of hydrogen-bond donors (Lipinski definition) is 3. The molecule has 4 N–H and O–H groups in total. The fourth-order valence-electron chi connectivity index (χ4n) is 0.775. The number of para-hydroxylation sites is 1. The minimum Gasteiger partial charge on any atom is -0.320 e. The highest BCUT2D eigenvalue weighted by Gasteiger charge is 2.06. The second-order valence-corrected chi connectivity index (χ2v) is 2.70. The van der Waals surface area contributed by atoms with Crippen LogP contribution in [0.25, 0.3) is 0 Å². The predicted octanol–water partition coefficient (Wildman–Crippen LogP) is 0.416. The van der Waals surface area contributed by atoms with Gasteiger partial charge in [0, 0.05) is 5.69 Å². The van der Waals surface area contributed by atoms with Gasteiger partial charge in [-0.1, -0.05) is 30.4 Å². The molecule has 68 valence electrons. The molecule has 0 atom stereocenters. The van der Waals surface area contributed by atoms with Gasteiger partial charge in [-0.2, -0.15) is 0 Å². The van der Waals surface area contributed by atoms with Gasteiger partial charge >= 0.3 is 0 Å². The number of amides is 1. The topological polar surface area (TPSA) is 67.1 Å². The molecule has 0 aromatic heterocycles. The number of benzene rings is 1. The molecule has 0 aliphatic carbocycles. The van der Waals surface area contributed by atoms with Gasteiger partial charge in [0.05, 0.1) is 0 Å². The number of rotatable bonds is 1. The van der Waals surface area contributed by atoms with Crippen LogP contribution >= 0.6 is 12.2 Å². The summed E-state index contributed by atoms with van der Waals surface area (Å²) in [5.41, 5.74) is 2.79. The summed E-state index contributed by atoms with van der Waals surface area (Å²) in [6, 6.07) is 9.01. The first kappa shape index (κ1) is 9.63. The third-order valence-corrected chi connectivity index (χ3v) is 1.67. The smallest absolute Gasteiger partial charge is 0.284 e. The zero-order valence-corrected chi connectivity index (χ0v) is 7.60. The van der Waals surface area contributed by atoms with Gasteiger partial charge in [0.1, 0.15) is 0 Å². The molecule has 13 heavy (non-hydrogen) atoms. The van der Waals surface area contributed by atoms with E-state index in [0.29, 0.717) is 5.69 Å². The van der Waals surface area contributed by atoms with E-state index in [2.05, 4.69) is 23.0 Å². The minimum absolute atomic E-state index is 0.0381. The lowest BCUT2D eigenvalue weighted by Crippen LogP contribution is -2.38. The summed E-state index contributed by atoms with van der Waals surface area (Å²) in [5.74, 6) is 4.56. The van der Waals surface area contributed by atoms with Crippen molar-refractivity contribution < 1.29 is 4.79 Å². The molecular weight excluding hydrogens is 186 g/mol. The number of nitrogens with two attached hydrogens (primary N) is 1. The number of anilines is 1. The molecule has 0 spiro atoms. The first-order chi connectivity index (χ1) is 6.24. The molecule has 0 fully saturated rings. The van der Waals surface area contributed by atoms with Crippen LogP contribution in [0.3, 0.4) is 0 Å². The number of carbonyl (C=O) groups excluding carboxylic acids is 1. The molecule has 0 bridgehead atoms. The van der Waals surface area contributed by atoms with Crippen molar-refractivity contribution in [3.05, 3.63) is 30.3 Å². The first-order valence-corrected chi connectivity index (χ1v) is 4.02. The van der Waals surface area contributed by atoms with Crippen LogP contribution < -0.4 is 16.6 Å². The summed E-state index contributed by atoms with van der Waals surface area (Å²) in [5, 5.41) is 2.57. The SMILES string of the molecule is NNC(=S)C(=O)Nc1ccccc1. The van der Waals surface area contributed by atoms with Gasteiger partial charge in [-0.3, -0.25) is 4.79 Å². The number of thiocarbonyl (C=S) groups is 1. The van der Waals surface area contributed by atoms with Crippen LogP contribution in [0.4, 0.5) is 5.69 Å². The van der Waals surface area contributed by atoms with Crippen LogP contribution in [-0.4, -0.2) is 10.9 Å². The van der Waals surface area contributed by atoms with E-state index in [1.54, 1.807) is 12.1 Å². The number of hydrogen-bond acceptors (Lipinski definition) is 3. The highest BCUT2D eigenvalue weighted by atomic mass is 32.1. The second kappa shape index (κ2) is 4.54. The zero-order chi connectivity index (χ0) is 9.68. The summed E-state index contributed by atoms with van der Waals surface area (Å²) in [7, 11) is 0. The Labute approximate surface area is 81.1 Å². The van der Waals surface area contributed by atoms with Crippen molar-refractivity contribution in [2.24, 2.45) is 5.84 Å². The van der Waals surface area contributed by atoms with Crippen LogP contribution in [0.5, 0.6) is 0 Å². The Hall–Kier alpha value is -1.46. The van der Waals surface area contributed by atoms with Crippen LogP contribution in [-0.2, 0) is 4.79 Å². The monoisotopic (exact) mass is 195 g/mol. The molecular formula is C8H9N3OS. The van der Waals surface area contributed by atoms with Crippen LogP contribution in [0, 0.1) is 0 Å². The normalized spacial score (nSPS) is 9.00. The van der Waals surface area contributed by atoms with Crippen molar-refractivity contribution in [3.8, 4) is 0 Å². The lowest BCUT2D eigenvalue weighted by atomic mass is 10.3. The molecule has 1 rings (SSSR count). The molecule has 4 nitrogen and oxygen atoms in total. The standard InChI is InChI=1S/C8H9N3OS/c9-11-8(13)7(12)10-6-4-2-1-3-5-6/h1-5H,9H2,(H,10,12)(H,11,13). The van der Waals surface area contributed by atoms with Crippen molar-refractivity contribution in [2.45, 2.75) is 0 Å². The number of nitrogens with one attached hydrogen (secondary N) is 2. The largest absolute Gasteiger partial charge is 0.320 e. The molecule has 0 aliphatic rings. The Morgan fingerprint density at radius 2 is 1.92 bits per heavy atom. The fraction of sp³-hybridized carbons (Fsp3) is 0. The van der Waals surface area contributed by atoms with E-state index in [1.165, 1.54) is 0 Å². The maximum atomic E-state index is 11.1. The van der Waals surface area contributed by atoms with Gasteiger partial charge in [0.25, 0.3) is 5.91 Å². The summed E-state index contributed by atoms with van der Waals surface area (Å²) in [4.78, 5) is 11.1. The first-order valence-electron chi connectivity index (χ1n) is 3.61. The molecule has 1 amide bonds. The van der Waals surface area contributed by atoms with E-state index in [0.717, 1.165) is 0 Å². The van der Waals surface area contributed by atoms with E-state index >= 15 is 0 Å². The molecule has 0 radical (unpaired) electrons. The molecule has 0 heterocycles. The van der Waals surface area contributed by atoms with Gasteiger partial charge in [0.15, 0.2) is 4.99 Å². The van der Waals surface area contributed by atoms with Crippen molar-refractivity contribution in [2.75, 3.05) is 5.32 Å². The van der Waals surface area contributed by atoms with Crippen LogP contribution in [0.2, 0.25) is 0 Å². The summed E-state index contributed by atoms with van der Waals surface area (Å²) in [6.45, 7) is 0. The molecule has 0 aliphatic heterocycles. The van der Waals surface area contributed by atoms with Crippen molar-refractivity contribution >= 4 is 28.8 Å². The third-order valence-electron chi connectivity index (χ3n) is 1.37. The van der Waals surface area contributed by atoms with E-state index in [4.69, 9.17) is 5.84 Å². The molecule has 1 aromatic carbocycles. The highest BCUT2D eigenvalue weighted by Crippen LogP contribution is 2.04. The Morgan fingerprint density at radius 1 is 1.31 bits per heavy atom. The Bertz CT molecular complexity index is 312. The van der Waals surface area contributed by atoms with Crippen molar-refractivity contribution in [3.63, 3.8) is 0 Å². The van der Waals surface area contributed by atoms with Gasteiger partial charge in [0.2, 0.25) is 0 Å². The van der Waals surface area contributed by atoms with Gasteiger partial charge < -0.3 is 10.7 Å². The quantitative estimate of drug-likeness (QED) is 0.345. The van der Waals surface area contributed by atoms with Crippen LogP contribution in [0.1, 0.15) is 0 Å². The Balaban J connectivity index is 2.60. The average molecular weight is 195 g/mol. The van der Waals surface area contributed by atoms with Crippen molar-refractivity contribution in [1.82, 2.24) is 5.43 Å². The van der Waals surface area contributed by atoms with E-state index in [9.17, 15) is 4.79 Å². The van der Waals surface area contributed by atoms with Gasteiger partial charge in [-0.25, -0.2) is 5.84 Å². The summed E-state index contributed by atoms with van der Waals surface area (Å²) < 4.78 is 0. The Kier molecular flexibility index (Phi) is 3.36. The van der Waals surface area contributed by atoms with Crippen LogP contribution in [0.15, 0.2) is 30.3 Å². The summed E-state index contributed by atoms with van der Waals surface area (Å²) in [6.07, 6.45) is 0. The van der Waals surface area contributed by atoms with E-state index in [1.807, 2.05) is 18.2 Å². The number of carbonyl (C=O) groups is 1. The predicted molar refractivity (Wildman–Crippen MR) is 55.0 cm³/mol. The lowest BCUT2D eigenvalue weighted by molar-refractivity contribution is -0.110. The van der Waals surface area contributed by atoms with E-state index in [-0.39, 0.29) is 4.99 Å². The third kappa shape index (κ3) is 2.81. The molecule has 0 saturated heterocycles. The maximum Gasteiger partial charge on any atom is 0.284 e. The summed E-state index contributed by atoms with van der Waals surface area (Å²) >= 11 is 4.63. The van der Waals surface area contributed by atoms with Gasteiger partial charge in [-0.15, -0.1) is 0 Å². The molecule has 0 saturated carbocycles. The second-order valence-electron chi connectivity index (χ2n) is 2.29. The highest BCUT2D eigenvalue weighted by molar-refractivity contribution is 7.82.